The molecule has 6 heteroatoms. The second kappa shape index (κ2) is 6.03. The Morgan fingerprint density at radius 3 is 2.67 bits per heavy atom. The fourth-order valence-corrected chi connectivity index (χ4v) is 2.70. The van der Waals surface area contributed by atoms with E-state index < -0.39 is 0 Å². The molecule has 2 heterocycles. The van der Waals surface area contributed by atoms with E-state index >= 15 is 0 Å². The first-order valence-corrected chi connectivity index (χ1v) is 7.39. The summed E-state index contributed by atoms with van der Waals surface area (Å²) in [5, 5.41) is 11.2. The van der Waals surface area contributed by atoms with Crippen LogP contribution in [0.4, 0.5) is 0 Å². The Kier molecular flexibility index (Phi) is 3.94. The van der Waals surface area contributed by atoms with Crippen LogP contribution in [-0.2, 0) is 0 Å². The fourth-order valence-electron chi connectivity index (χ4n) is 2.70. The highest BCUT2D eigenvalue weighted by Crippen LogP contribution is 2.17. The van der Waals surface area contributed by atoms with Gasteiger partial charge in [-0.2, -0.15) is 0 Å². The van der Waals surface area contributed by atoms with Gasteiger partial charge in [0, 0.05) is 18.4 Å². The summed E-state index contributed by atoms with van der Waals surface area (Å²) in [4.78, 5) is 16.3. The van der Waals surface area contributed by atoms with Crippen molar-refractivity contribution in [2.45, 2.75) is 45.1 Å². The van der Waals surface area contributed by atoms with Gasteiger partial charge in [0.1, 0.15) is 5.82 Å². The maximum absolute atomic E-state index is 12.1. The van der Waals surface area contributed by atoms with Crippen molar-refractivity contribution in [1.82, 2.24) is 25.1 Å². The lowest BCUT2D eigenvalue weighted by Gasteiger charge is -2.22. The summed E-state index contributed by atoms with van der Waals surface area (Å²) in [7, 11) is 0. The minimum absolute atomic E-state index is 0.136. The van der Waals surface area contributed by atoms with Gasteiger partial charge in [-0.25, -0.2) is 4.98 Å². The van der Waals surface area contributed by atoms with Gasteiger partial charge in [0.15, 0.2) is 11.5 Å². The molecule has 0 radical (unpaired) electrons. The predicted molar refractivity (Wildman–Crippen MR) is 78.2 cm³/mol. The van der Waals surface area contributed by atoms with Crippen LogP contribution in [-0.4, -0.2) is 31.7 Å². The van der Waals surface area contributed by atoms with Gasteiger partial charge in [0.05, 0.1) is 0 Å². The number of nitrogens with one attached hydrogen (secondary N) is 1. The summed E-state index contributed by atoms with van der Waals surface area (Å²) in [6.45, 7) is 1.89. The van der Waals surface area contributed by atoms with E-state index in [-0.39, 0.29) is 11.9 Å². The van der Waals surface area contributed by atoms with Gasteiger partial charge in [0.25, 0.3) is 5.91 Å². The van der Waals surface area contributed by atoms with Crippen LogP contribution in [0, 0.1) is 6.92 Å². The molecule has 1 N–H and O–H groups in total. The monoisotopic (exact) mass is 285 g/mol. The number of nitrogens with zero attached hydrogens (tertiary/aromatic N) is 4. The van der Waals surface area contributed by atoms with E-state index in [1.54, 1.807) is 18.3 Å². The minimum Gasteiger partial charge on any atom is -0.348 e. The Morgan fingerprint density at radius 1 is 1.24 bits per heavy atom. The zero-order valence-electron chi connectivity index (χ0n) is 12.1. The zero-order chi connectivity index (χ0) is 14.7. The van der Waals surface area contributed by atoms with Crippen LogP contribution < -0.4 is 5.32 Å². The van der Waals surface area contributed by atoms with Gasteiger partial charge in [0.2, 0.25) is 0 Å². The molecule has 0 unspecified atom stereocenters. The third-order valence-corrected chi connectivity index (χ3v) is 3.90. The summed E-state index contributed by atoms with van der Waals surface area (Å²) in [5.74, 6) is 1.37. The highest BCUT2D eigenvalue weighted by Gasteiger charge is 2.17. The molecule has 3 rings (SSSR count). The number of carbonyl (C=O) groups is 1. The van der Waals surface area contributed by atoms with Crippen LogP contribution in [0.3, 0.4) is 0 Å². The first kappa shape index (κ1) is 13.7. The molecular weight excluding hydrogens is 266 g/mol. The first-order valence-electron chi connectivity index (χ1n) is 7.39. The Hall–Kier alpha value is -2.24. The number of rotatable bonds is 3. The predicted octanol–water partition coefficient (Wildman–Crippen LogP) is 2.03. The normalized spacial score (nSPS) is 15.9. The van der Waals surface area contributed by atoms with Crippen LogP contribution in [0.15, 0.2) is 24.5 Å². The third kappa shape index (κ3) is 3.09. The van der Waals surface area contributed by atoms with Gasteiger partial charge in [-0.1, -0.05) is 19.3 Å². The van der Waals surface area contributed by atoms with Crippen molar-refractivity contribution >= 4 is 5.91 Å². The topological polar surface area (TPSA) is 72.7 Å². The maximum Gasteiger partial charge on any atom is 0.272 e. The van der Waals surface area contributed by atoms with Crippen molar-refractivity contribution in [3.8, 4) is 5.82 Å². The van der Waals surface area contributed by atoms with E-state index in [2.05, 4.69) is 20.5 Å². The largest absolute Gasteiger partial charge is 0.348 e. The Morgan fingerprint density at radius 2 is 2.05 bits per heavy atom. The molecule has 1 amide bonds. The Balaban J connectivity index is 1.69. The van der Waals surface area contributed by atoms with E-state index in [0.717, 1.165) is 18.7 Å². The average molecular weight is 285 g/mol. The van der Waals surface area contributed by atoms with Gasteiger partial charge in [-0.15, -0.1) is 10.2 Å². The number of aromatic nitrogens is 4. The van der Waals surface area contributed by atoms with Crippen molar-refractivity contribution in [1.29, 1.82) is 0 Å². The SMILES string of the molecule is Cc1nccn1-c1ccc(C(=O)NC2CCCCC2)nn1. The molecule has 0 aromatic carbocycles. The highest BCUT2D eigenvalue weighted by atomic mass is 16.2. The lowest BCUT2D eigenvalue weighted by molar-refractivity contribution is 0.0921. The van der Waals surface area contributed by atoms with Crippen LogP contribution in [0.2, 0.25) is 0 Å². The second-order valence-electron chi connectivity index (χ2n) is 5.43. The summed E-state index contributed by atoms with van der Waals surface area (Å²) >= 11 is 0. The molecule has 0 atom stereocenters. The number of carbonyl (C=O) groups excluding carboxylic acids is 1. The summed E-state index contributed by atoms with van der Waals surface area (Å²) in [6.07, 6.45) is 9.30. The second-order valence-corrected chi connectivity index (χ2v) is 5.43. The van der Waals surface area contributed by atoms with Crippen molar-refractivity contribution < 1.29 is 4.79 Å². The average Bonchev–Trinajstić information content (AvgIpc) is 2.94. The number of imidazole rings is 1. The number of amides is 1. The molecule has 1 saturated carbocycles. The van der Waals surface area contributed by atoms with Crippen molar-refractivity contribution in [3.63, 3.8) is 0 Å². The molecule has 6 nitrogen and oxygen atoms in total. The first-order chi connectivity index (χ1) is 10.2. The lowest BCUT2D eigenvalue weighted by Crippen LogP contribution is -2.36. The van der Waals surface area contributed by atoms with Crippen molar-refractivity contribution in [2.75, 3.05) is 0 Å². The summed E-state index contributed by atoms with van der Waals surface area (Å²) < 4.78 is 1.83. The van der Waals surface area contributed by atoms with E-state index in [9.17, 15) is 4.79 Å². The molecule has 0 saturated heterocycles. The van der Waals surface area contributed by atoms with Gasteiger partial charge in [-0.3, -0.25) is 9.36 Å². The summed E-state index contributed by atoms with van der Waals surface area (Å²) in [6, 6.07) is 3.78. The van der Waals surface area contributed by atoms with E-state index in [1.165, 1.54) is 19.3 Å². The van der Waals surface area contributed by atoms with Gasteiger partial charge >= 0.3 is 0 Å². The zero-order valence-corrected chi connectivity index (χ0v) is 12.1. The number of hydrogen-bond donors (Lipinski definition) is 1. The molecule has 2 aromatic heterocycles. The summed E-state index contributed by atoms with van der Waals surface area (Å²) in [5.41, 5.74) is 0.363. The van der Waals surface area contributed by atoms with Crippen LogP contribution in [0.1, 0.15) is 48.4 Å². The molecule has 1 fully saturated rings. The number of hydrogen-bond acceptors (Lipinski definition) is 4. The van der Waals surface area contributed by atoms with Crippen LogP contribution in [0.25, 0.3) is 5.82 Å². The van der Waals surface area contributed by atoms with Crippen LogP contribution in [0.5, 0.6) is 0 Å². The Bertz CT molecular complexity index is 613. The molecule has 0 spiro atoms. The van der Waals surface area contributed by atoms with E-state index in [1.807, 2.05) is 17.7 Å². The minimum atomic E-state index is -0.136. The smallest absolute Gasteiger partial charge is 0.272 e. The molecule has 0 bridgehead atoms. The quantitative estimate of drug-likeness (QED) is 0.936. The molecule has 110 valence electrons. The van der Waals surface area contributed by atoms with Gasteiger partial charge < -0.3 is 5.32 Å². The van der Waals surface area contributed by atoms with Crippen molar-refractivity contribution in [2.24, 2.45) is 0 Å². The van der Waals surface area contributed by atoms with Gasteiger partial charge in [-0.05, 0) is 31.9 Å². The van der Waals surface area contributed by atoms with Crippen molar-refractivity contribution in [3.05, 3.63) is 36.0 Å². The standard InChI is InChI=1S/C15H19N5O/c1-11-16-9-10-20(11)14-8-7-13(18-19-14)15(21)17-12-5-3-2-4-6-12/h7-10,12H,2-6H2,1H3,(H,17,21). The molecule has 1 aliphatic rings. The third-order valence-electron chi connectivity index (χ3n) is 3.90. The van der Waals surface area contributed by atoms with E-state index in [0.29, 0.717) is 11.5 Å². The molecule has 1 aliphatic carbocycles. The molecule has 2 aromatic rings. The highest BCUT2D eigenvalue weighted by molar-refractivity contribution is 5.92. The number of aryl methyl sites for hydroxylation is 1. The van der Waals surface area contributed by atoms with Crippen LogP contribution >= 0.6 is 0 Å². The fraction of sp³-hybridized carbons (Fsp3) is 0.467. The maximum atomic E-state index is 12.1. The Labute approximate surface area is 123 Å². The molecule has 0 aliphatic heterocycles. The van der Waals surface area contributed by atoms with E-state index in [4.69, 9.17) is 0 Å². The molecular formula is C15H19N5O. The lowest BCUT2D eigenvalue weighted by atomic mass is 9.95. The molecule has 21 heavy (non-hydrogen) atoms.